The topological polar surface area (TPSA) is 92.7 Å². The van der Waals surface area contributed by atoms with Gasteiger partial charge in [-0.25, -0.2) is 4.79 Å². The Bertz CT molecular complexity index is 307. The van der Waals surface area contributed by atoms with E-state index in [1.165, 1.54) is 6.92 Å². The predicted octanol–water partition coefficient (Wildman–Crippen LogP) is -0.431. The van der Waals surface area contributed by atoms with Crippen LogP contribution >= 0.6 is 0 Å². The van der Waals surface area contributed by atoms with Crippen molar-refractivity contribution in [2.24, 2.45) is 0 Å². The largest absolute Gasteiger partial charge is 0.550 e. The van der Waals surface area contributed by atoms with E-state index in [1.807, 2.05) is 0 Å². The van der Waals surface area contributed by atoms with Gasteiger partial charge in [0, 0.05) is 18.0 Å². The highest BCUT2D eigenvalue weighted by Gasteiger charge is 2.05. The molecule has 0 aliphatic carbocycles. The molecule has 0 unspecified atom stereocenters. The molecule has 96 valence electrons. The first kappa shape index (κ1) is 15.2. The lowest BCUT2D eigenvalue weighted by molar-refractivity contribution is -0.305. The van der Waals surface area contributed by atoms with Crippen LogP contribution in [0, 0.1) is 0 Å². The normalized spacial score (nSPS) is 9.47. The Morgan fingerprint density at radius 3 is 2.24 bits per heavy atom. The predicted molar refractivity (Wildman–Crippen MR) is 55.6 cm³/mol. The smallest absolute Gasteiger partial charge is 0.333 e. The van der Waals surface area contributed by atoms with E-state index < -0.39 is 17.9 Å². The Morgan fingerprint density at radius 2 is 1.71 bits per heavy atom. The maximum absolute atomic E-state index is 11.0. The van der Waals surface area contributed by atoms with Crippen LogP contribution in [0.1, 0.15) is 26.2 Å². The van der Waals surface area contributed by atoms with E-state index in [9.17, 15) is 19.5 Å². The van der Waals surface area contributed by atoms with Crippen molar-refractivity contribution >= 4 is 17.9 Å². The van der Waals surface area contributed by atoms with Gasteiger partial charge in [0.05, 0.1) is 0 Å². The number of carbonyl (C=O) groups excluding carboxylic acids is 3. The van der Waals surface area contributed by atoms with Crippen LogP contribution in [0.2, 0.25) is 0 Å². The van der Waals surface area contributed by atoms with Gasteiger partial charge in [0.15, 0.2) is 0 Å². The van der Waals surface area contributed by atoms with E-state index in [1.54, 1.807) is 0 Å². The molecule has 17 heavy (non-hydrogen) atoms. The number of carbonyl (C=O) groups is 3. The minimum Gasteiger partial charge on any atom is -0.550 e. The van der Waals surface area contributed by atoms with Crippen LogP contribution in [0.3, 0.4) is 0 Å². The van der Waals surface area contributed by atoms with Crippen molar-refractivity contribution in [2.45, 2.75) is 26.2 Å². The second kappa shape index (κ2) is 8.32. The summed E-state index contributed by atoms with van der Waals surface area (Å²) in [5, 5.41) is 10.1. The number of carboxylic acid groups (broad SMARTS) is 1. The molecule has 0 saturated heterocycles. The Labute approximate surface area is 99.2 Å². The van der Waals surface area contributed by atoms with Crippen LogP contribution in [-0.4, -0.2) is 31.1 Å². The molecule has 0 aromatic carbocycles. The molecule has 6 nitrogen and oxygen atoms in total. The van der Waals surface area contributed by atoms with E-state index in [-0.39, 0.29) is 38.0 Å². The molecular formula is C11H15O6-. The number of hydrogen-bond donors (Lipinski definition) is 0. The van der Waals surface area contributed by atoms with Crippen LogP contribution in [0.25, 0.3) is 0 Å². The molecule has 0 aromatic rings. The number of esters is 2. The molecule has 0 aromatic heterocycles. The van der Waals surface area contributed by atoms with Crippen molar-refractivity contribution in [1.82, 2.24) is 0 Å². The summed E-state index contributed by atoms with van der Waals surface area (Å²) in [4.78, 5) is 32.0. The third-order valence-electron chi connectivity index (χ3n) is 1.69. The highest BCUT2D eigenvalue weighted by Crippen LogP contribution is 1.97. The number of hydrogen-bond acceptors (Lipinski definition) is 6. The average molecular weight is 243 g/mol. The minimum absolute atomic E-state index is 0.00239. The molecular weight excluding hydrogens is 228 g/mol. The third kappa shape index (κ3) is 9.10. The van der Waals surface area contributed by atoms with Gasteiger partial charge in [-0.2, -0.15) is 0 Å². The second-order valence-corrected chi connectivity index (χ2v) is 3.36. The van der Waals surface area contributed by atoms with Gasteiger partial charge in [0.2, 0.25) is 0 Å². The number of ether oxygens (including phenoxy) is 2. The van der Waals surface area contributed by atoms with Crippen LogP contribution in [0.15, 0.2) is 12.2 Å². The molecule has 0 spiro atoms. The fraction of sp³-hybridized carbons (Fsp3) is 0.545. The number of aliphatic carboxylic acids is 1. The average Bonchev–Trinajstić information content (AvgIpc) is 2.23. The van der Waals surface area contributed by atoms with Gasteiger partial charge in [-0.1, -0.05) is 6.58 Å². The van der Waals surface area contributed by atoms with E-state index in [4.69, 9.17) is 4.74 Å². The van der Waals surface area contributed by atoms with Crippen molar-refractivity contribution in [1.29, 1.82) is 0 Å². The molecule has 0 heterocycles. The summed E-state index contributed by atoms with van der Waals surface area (Å²) in [7, 11) is 0. The van der Waals surface area contributed by atoms with Crippen molar-refractivity contribution < 1.29 is 29.0 Å². The van der Waals surface area contributed by atoms with Crippen molar-refractivity contribution in [3.8, 4) is 0 Å². The van der Waals surface area contributed by atoms with Crippen molar-refractivity contribution in [3.05, 3.63) is 12.2 Å². The number of rotatable bonds is 8. The quantitative estimate of drug-likeness (QED) is 0.326. The maximum atomic E-state index is 11.0. The third-order valence-corrected chi connectivity index (χ3v) is 1.69. The standard InChI is InChI=1S/C11H16O6/c1-8(2)11(15)17-7-6-16-10(14)5-3-4-9(12)13/h1,3-7H2,2H3,(H,12,13)/p-1. The highest BCUT2D eigenvalue weighted by atomic mass is 16.6. The summed E-state index contributed by atoms with van der Waals surface area (Å²) in [6.07, 6.45) is -0.00508. The summed E-state index contributed by atoms with van der Waals surface area (Å²) >= 11 is 0. The summed E-state index contributed by atoms with van der Waals surface area (Å²) in [6, 6.07) is 0. The number of carboxylic acids is 1. The van der Waals surface area contributed by atoms with Gasteiger partial charge in [-0.15, -0.1) is 0 Å². The summed E-state index contributed by atoms with van der Waals surface area (Å²) in [6.45, 7) is 4.79. The Kier molecular flexibility index (Phi) is 7.41. The Hall–Kier alpha value is -1.85. The fourth-order valence-corrected chi connectivity index (χ4v) is 0.862. The molecule has 0 bridgehead atoms. The Balaban J connectivity index is 3.48. The molecule has 0 amide bonds. The molecule has 6 heteroatoms. The van der Waals surface area contributed by atoms with Gasteiger partial charge in [-0.05, 0) is 19.8 Å². The Morgan fingerprint density at radius 1 is 1.12 bits per heavy atom. The van der Waals surface area contributed by atoms with Crippen molar-refractivity contribution in [3.63, 3.8) is 0 Å². The van der Waals surface area contributed by atoms with Gasteiger partial charge in [0.1, 0.15) is 13.2 Å². The zero-order valence-corrected chi connectivity index (χ0v) is 9.69. The van der Waals surface area contributed by atoms with Crippen LogP contribution in [-0.2, 0) is 23.9 Å². The van der Waals surface area contributed by atoms with E-state index >= 15 is 0 Å². The van der Waals surface area contributed by atoms with Crippen LogP contribution in [0.4, 0.5) is 0 Å². The van der Waals surface area contributed by atoms with E-state index in [2.05, 4.69) is 11.3 Å². The lowest BCUT2D eigenvalue weighted by atomic mass is 10.2. The zero-order chi connectivity index (χ0) is 13.3. The summed E-state index contributed by atoms with van der Waals surface area (Å²) < 4.78 is 9.37. The molecule has 0 N–H and O–H groups in total. The first-order valence-corrected chi connectivity index (χ1v) is 5.11. The molecule has 0 rings (SSSR count). The highest BCUT2D eigenvalue weighted by molar-refractivity contribution is 5.86. The second-order valence-electron chi connectivity index (χ2n) is 3.36. The van der Waals surface area contributed by atoms with Crippen molar-refractivity contribution in [2.75, 3.05) is 13.2 Å². The lowest BCUT2D eigenvalue weighted by Gasteiger charge is -2.06. The van der Waals surface area contributed by atoms with E-state index in [0.717, 1.165) is 0 Å². The molecule has 0 aliphatic rings. The zero-order valence-electron chi connectivity index (χ0n) is 9.69. The molecule has 0 atom stereocenters. The first-order valence-electron chi connectivity index (χ1n) is 5.11. The van der Waals surface area contributed by atoms with Gasteiger partial charge in [-0.3, -0.25) is 4.79 Å². The molecule has 0 saturated carbocycles. The van der Waals surface area contributed by atoms with E-state index in [0.29, 0.717) is 0 Å². The SMILES string of the molecule is C=C(C)C(=O)OCCOC(=O)CCCC(=O)[O-]. The summed E-state index contributed by atoms with van der Waals surface area (Å²) in [5.41, 5.74) is 0.269. The van der Waals surface area contributed by atoms with Gasteiger partial charge in [0.25, 0.3) is 0 Å². The van der Waals surface area contributed by atoms with Gasteiger partial charge < -0.3 is 19.4 Å². The van der Waals surface area contributed by atoms with Gasteiger partial charge >= 0.3 is 11.9 Å². The monoisotopic (exact) mass is 243 g/mol. The summed E-state index contributed by atoms with van der Waals surface area (Å²) in [5.74, 6) is -2.27. The first-order chi connectivity index (χ1) is 7.93. The maximum Gasteiger partial charge on any atom is 0.333 e. The molecule has 0 aliphatic heterocycles. The molecule has 0 fully saturated rings. The fourth-order valence-electron chi connectivity index (χ4n) is 0.862. The molecule has 0 radical (unpaired) electrons. The van der Waals surface area contributed by atoms with Crippen LogP contribution < -0.4 is 5.11 Å². The lowest BCUT2D eigenvalue weighted by Crippen LogP contribution is -2.22. The minimum atomic E-state index is -1.20. The van der Waals surface area contributed by atoms with Crippen LogP contribution in [0.5, 0.6) is 0 Å².